The van der Waals surface area contributed by atoms with Gasteiger partial charge in [-0.3, -0.25) is 0 Å². The molecular formula is C30H25F3O3S4. The number of benzene rings is 3. The lowest BCUT2D eigenvalue weighted by molar-refractivity contribution is -0.0496. The van der Waals surface area contributed by atoms with Crippen LogP contribution in [0.25, 0.3) is 20.9 Å². The van der Waals surface area contributed by atoms with Gasteiger partial charge in [0.15, 0.2) is 0 Å². The predicted octanol–water partition coefficient (Wildman–Crippen LogP) is 10.1. The number of alkyl halides is 3. The van der Waals surface area contributed by atoms with Crippen molar-refractivity contribution in [3.8, 4) is 20.9 Å². The smallest absolute Gasteiger partial charge is 0.199 e. The number of thiophene rings is 2. The van der Waals surface area contributed by atoms with Crippen LogP contribution in [0.3, 0.4) is 0 Å². The molecule has 5 rings (SSSR count). The Morgan fingerprint density at radius 3 is 1.48 bits per heavy atom. The predicted molar refractivity (Wildman–Crippen MR) is 159 cm³/mol. The van der Waals surface area contributed by atoms with Crippen molar-refractivity contribution in [2.24, 2.45) is 0 Å². The van der Waals surface area contributed by atoms with Crippen LogP contribution in [0.4, 0.5) is 13.2 Å². The zero-order valence-corrected chi connectivity index (χ0v) is 25.0. The number of halogens is 3. The van der Waals surface area contributed by atoms with Crippen molar-refractivity contribution in [2.45, 2.75) is 40.3 Å². The molecule has 0 saturated heterocycles. The molecule has 0 unspecified atom stereocenters. The molecule has 2 heterocycles. The van der Waals surface area contributed by atoms with Gasteiger partial charge in [0, 0.05) is 24.4 Å². The van der Waals surface area contributed by atoms with Crippen molar-refractivity contribution in [2.75, 3.05) is 0 Å². The summed E-state index contributed by atoms with van der Waals surface area (Å²) in [7, 11) is -9.30. The Morgan fingerprint density at radius 2 is 1.05 bits per heavy atom. The first kappa shape index (κ1) is 28.6. The molecule has 0 fully saturated rings. The van der Waals surface area contributed by atoms with Gasteiger partial charge in [0.25, 0.3) is 0 Å². The molecule has 0 aliphatic heterocycles. The van der Waals surface area contributed by atoms with Crippen LogP contribution in [-0.4, -0.2) is 13.9 Å². The van der Waals surface area contributed by atoms with E-state index in [-0.39, 0.29) is 0 Å². The van der Waals surface area contributed by atoms with E-state index in [1.807, 2.05) is 45.0 Å². The summed E-state index contributed by atoms with van der Waals surface area (Å²) >= 11 is 2.93. The average molecular weight is 619 g/mol. The molecule has 0 N–H and O–H groups in total. The molecule has 0 aliphatic carbocycles. The van der Waals surface area contributed by atoms with Crippen molar-refractivity contribution in [1.82, 2.24) is 0 Å². The van der Waals surface area contributed by atoms with Gasteiger partial charge in [-0.1, -0.05) is 59.7 Å². The molecular weight excluding hydrogens is 594 g/mol. The molecule has 0 spiro atoms. The van der Waals surface area contributed by atoms with E-state index in [1.165, 1.54) is 16.2 Å². The maximum absolute atomic E-state index is 13.8. The molecule has 0 amide bonds. The lowest BCUT2D eigenvalue weighted by Gasteiger charge is -2.38. The quantitative estimate of drug-likeness (QED) is 0.171. The van der Waals surface area contributed by atoms with Gasteiger partial charge in [0.1, 0.15) is 0 Å². The number of hydrogen-bond donors (Lipinski definition) is 0. The first-order valence-corrected chi connectivity index (χ1v) is 16.8. The van der Waals surface area contributed by atoms with Gasteiger partial charge in [-0.2, -0.15) is 25.2 Å². The van der Waals surface area contributed by atoms with Crippen LogP contribution < -0.4 is 0 Å². The van der Waals surface area contributed by atoms with Crippen LogP contribution >= 0.6 is 33.0 Å². The standard InChI is InChI=1S/C30H25F3O3S4/c1-20-4-13-25(14-5-20)39(26-15-6-21(2)7-16-26,36-40(34,35)30(31,32)33)29-19-18-28(38-29)24-11-9-23(10-12-24)27-17-8-22(3)37-27/h4-19H,1-3H3. The summed E-state index contributed by atoms with van der Waals surface area (Å²) in [5.41, 5.74) is -1.89. The fraction of sp³-hybridized carbons (Fsp3) is 0.133. The zero-order valence-electron chi connectivity index (χ0n) is 21.7. The largest absolute Gasteiger partial charge is 0.524 e. The molecule has 3 nitrogen and oxygen atoms in total. The van der Waals surface area contributed by atoms with Gasteiger partial charge in [0.05, 0.1) is 4.21 Å². The molecule has 0 aliphatic rings. The lowest BCUT2D eigenvalue weighted by Crippen LogP contribution is -2.27. The van der Waals surface area contributed by atoms with E-state index in [9.17, 15) is 21.6 Å². The molecule has 0 bridgehead atoms. The van der Waals surface area contributed by atoms with Gasteiger partial charge in [-0.25, -0.2) is 0 Å². The third-order valence-electron chi connectivity index (χ3n) is 6.24. The number of aryl methyl sites for hydroxylation is 3. The summed E-state index contributed by atoms with van der Waals surface area (Å²) in [6.45, 7) is 5.75. The summed E-state index contributed by atoms with van der Waals surface area (Å²) in [6, 6.07) is 29.1. The molecule has 3 aromatic carbocycles. The molecule has 0 atom stereocenters. The maximum atomic E-state index is 13.8. The van der Waals surface area contributed by atoms with Crippen LogP contribution in [0.1, 0.15) is 16.0 Å². The highest BCUT2D eigenvalue weighted by Gasteiger charge is 2.52. The summed E-state index contributed by atoms with van der Waals surface area (Å²) in [5, 5.41) is 0. The van der Waals surface area contributed by atoms with Crippen LogP contribution in [0, 0.1) is 20.8 Å². The van der Waals surface area contributed by atoms with Gasteiger partial charge in [0.2, 0.25) is 0 Å². The Hall–Kier alpha value is -2.89. The molecule has 208 valence electrons. The molecule has 5 aromatic rings. The fourth-order valence-electron chi connectivity index (χ4n) is 4.13. The van der Waals surface area contributed by atoms with E-state index in [1.54, 1.807) is 72.0 Å². The Bertz CT molecular complexity index is 1690. The maximum Gasteiger partial charge on any atom is 0.524 e. The van der Waals surface area contributed by atoms with E-state index in [4.69, 9.17) is 3.63 Å². The highest BCUT2D eigenvalue weighted by molar-refractivity contribution is 8.34. The van der Waals surface area contributed by atoms with Crippen molar-refractivity contribution >= 4 is 43.1 Å². The topological polar surface area (TPSA) is 43.4 Å². The Labute approximate surface area is 241 Å². The Morgan fingerprint density at radius 1 is 0.600 bits per heavy atom. The third kappa shape index (κ3) is 5.51. The lowest BCUT2D eigenvalue weighted by atomic mass is 10.1. The Balaban J connectivity index is 1.68. The van der Waals surface area contributed by atoms with Crippen LogP contribution in [0.5, 0.6) is 0 Å². The van der Waals surface area contributed by atoms with Gasteiger partial charge < -0.3 is 0 Å². The van der Waals surface area contributed by atoms with E-state index < -0.39 is 25.9 Å². The van der Waals surface area contributed by atoms with Crippen molar-refractivity contribution < 1.29 is 25.2 Å². The number of rotatable bonds is 7. The first-order chi connectivity index (χ1) is 18.9. The van der Waals surface area contributed by atoms with E-state index in [2.05, 4.69) is 12.1 Å². The summed E-state index contributed by atoms with van der Waals surface area (Å²) in [5.74, 6) is 0. The van der Waals surface area contributed by atoms with Crippen LogP contribution in [-0.2, 0) is 13.7 Å². The first-order valence-electron chi connectivity index (χ1n) is 12.2. The van der Waals surface area contributed by atoms with Crippen molar-refractivity contribution in [3.63, 3.8) is 0 Å². The van der Waals surface area contributed by atoms with Gasteiger partial charge >= 0.3 is 15.6 Å². The summed E-state index contributed by atoms with van der Waals surface area (Å²) in [6.07, 6.45) is 0. The molecule has 0 saturated carbocycles. The Kier molecular flexibility index (Phi) is 7.75. The second-order valence-corrected chi connectivity index (χ2v) is 16.3. The highest BCUT2D eigenvalue weighted by Crippen LogP contribution is 2.72. The molecule has 0 radical (unpaired) electrons. The minimum absolute atomic E-state index is 0.353. The second-order valence-electron chi connectivity index (χ2n) is 9.26. The zero-order chi connectivity index (χ0) is 28.7. The van der Waals surface area contributed by atoms with Gasteiger partial charge in [-0.05, 0) is 90.7 Å². The van der Waals surface area contributed by atoms with Crippen LogP contribution in [0.15, 0.2) is 111 Å². The van der Waals surface area contributed by atoms with Crippen molar-refractivity contribution in [1.29, 1.82) is 0 Å². The molecule has 2 aromatic heterocycles. The van der Waals surface area contributed by atoms with E-state index in [0.717, 1.165) is 32.0 Å². The van der Waals surface area contributed by atoms with Gasteiger partial charge in [-0.15, -0.1) is 22.7 Å². The van der Waals surface area contributed by atoms with E-state index >= 15 is 0 Å². The van der Waals surface area contributed by atoms with Crippen LogP contribution in [0.2, 0.25) is 0 Å². The third-order valence-corrected chi connectivity index (χ3v) is 13.8. The minimum Gasteiger partial charge on any atom is -0.199 e. The average Bonchev–Trinajstić information content (AvgIpc) is 3.58. The monoisotopic (exact) mass is 618 g/mol. The number of hydrogen-bond acceptors (Lipinski definition) is 5. The minimum atomic E-state index is -5.96. The molecule has 10 heteroatoms. The normalized spacial score (nSPS) is 12.9. The fourth-order valence-corrected chi connectivity index (χ4v) is 11.6. The molecule has 40 heavy (non-hydrogen) atoms. The summed E-state index contributed by atoms with van der Waals surface area (Å²) < 4.78 is 72.5. The second kappa shape index (κ2) is 10.8. The highest BCUT2D eigenvalue weighted by atomic mass is 32.3. The summed E-state index contributed by atoms with van der Waals surface area (Å²) in [4.78, 5) is 3.84. The van der Waals surface area contributed by atoms with E-state index in [0.29, 0.717) is 14.0 Å². The SMILES string of the molecule is Cc1ccc(S(OS(=O)(=O)C(F)(F)F)(c2ccc(C)cc2)c2ccc(-c3ccc(-c4ccc(C)s4)cc3)s2)cc1. The van der Waals surface area contributed by atoms with Crippen molar-refractivity contribution in [3.05, 3.63) is 113 Å².